The third-order valence-corrected chi connectivity index (χ3v) is 17.4. The molecule has 1 aliphatic heterocycles. The zero-order valence-electron chi connectivity index (χ0n) is 54.1. The maximum Gasteiger partial charge on any atom is 0.306 e. The Morgan fingerprint density at radius 3 is 1.15 bits per heavy atom. The highest BCUT2D eigenvalue weighted by atomic mass is 16.7. The molecule has 1 rings (SSSR count). The van der Waals surface area contributed by atoms with Crippen LogP contribution in [0.15, 0.2) is 12.2 Å². The van der Waals surface area contributed by atoms with E-state index in [2.05, 4.69) is 26.1 Å². The number of esters is 1. The predicted octanol–water partition coefficient (Wildman–Crippen LogP) is 18.2. The molecule has 8 unspecified atom stereocenters. The first-order valence-electron chi connectivity index (χ1n) is 36.0. The van der Waals surface area contributed by atoms with Gasteiger partial charge in [-0.25, -0.2) is 0 Å². The van der Waals surface area contributed by atoms with E-state index in [0.29, 0.717) is 19.3 Å². The van der Waals surface area contributed by atoms with Crippen LogP contribution in [0.2, 0.25) is 0 Å². The molecule has 0 aromatic heterocycles. The van der Waals surface area contributed by atoms with Crippen LogP contribution in [0.1, 0.15) is 367 Å². The molecule has 0 bridgehead atoms. The molecule has 0 aliphatic carbocycles. The van der Waals surface area contributed by atoms with Gasteiger partial charge in [0.2, 0.25) is 5.91 Å². The van der Waals surface area contributed by atoms with Gasteiger partial charge in [-0.3, -0.25) is 9.59 Å². The lowest BCUT2D eigenvalue weighted by Crippen LogP contribution is -2.61. The molecule has 82 heavy (non-hydrogen) atoms. The van der Waals surface area contributed by atoms with Crippen LogP contribution in [0.5, 0.6) is 0 Å². The number of ether oxygens (including phenoxy) is 3. The maximum absolute atomic E-state index is 13.5. The lowest BCUT2D eigenvalue weighted by Gasteiger charge is -2.41. The van der Waals surface area contributed by atoms with E-state index < -0.39 is 67.4 Å². The van der Waals surface area contributed by atoms with Gasteiger partial charge in [0.1, 0.15) is 24.4 Å². The van der Waals surface area contributed by atoms with Crippen LogP contribution < -0.4 is 5.32 Å². The molecule has 0 saturated carbocycles. The Balaban J connectivity index is 2.55. The molecule has 1 aliphatic rings. The summed E-state index contributed by atoms with van der Waals surface area (Å²) in [4.78, 5) is 26.7. The largest absolute Gasteiger partial charge is 0.454 e. The smallest absolute Gasteiger partial charge is 0.306 e. The van der Waals surface area contributed by atoms with Gasteiger partial charge >= 0.3 is 5.97 Å². The van der Waals surface area contributed by atoms with Gasteiger partial charge in [-0.2, -0.15) is 0 Å². The fraction of sp³-hybridized carbons (Fsp3) is 0.944. The van der Waals surface area contributed by atoms with E-state index in [9.17, 15) is 35.1 Å². The lowest BCUT2D eigenvalue weighted by molar-refractivity contribution is -0.305. The number of carbonyl (C=O) groups is 2. The van der Waals surface area contributed by atoms with Gasteiger partial charge in [0, 0.05) is 6.42 Å². The number of hydrogen-bond acceptors (Lipinski definition) is 10. The number of nitrogens with one attached hydrogen (secondary N) is 1. The topological polar surface area (TPSA) is 175 Å². The molecule has 6 N–H and O–H groups in total. The Labute approximate surface area is 506 Å². The maximum atomic E-state index is 13.5. The second-order valence-electron chi connectivity index (χ2n) is 25.3. The minimum atomic E-state index is -1.61. The predicted molar refractivity (Wildman–Crippen MR) is 343 cm³/mol. The third-order valence-electron chi connectivity index (χ3n) is 17.4. The fourth-order valence-electron chi connectivity index (χ4n) is 11.8. The second kappa shape index (κ2) is 59.7. The lowest BCUT2D eigenvalue weighted by atomic mass is 9.99. The average Bonchev–Trinajstić information content (AvgIpc) is 3.45. The molecule has 0 aromatic rings. The Morgan fingerprint density at radius 1 is 0.463 bits per heavy atom. The number of allylic oxidation sites excluding steroid dienone is 1. The highest BCUT2D eigenvalue weighted by Gasteiger charge is 2.47. The monoisotopic (exact) mass is 1160 g/mol. The number of amides is 1. The molecule has 1 saturated heterocycles. The summed E-state index contributed by atoms with van der Waals surface area (Å²) < 4.78 is 17.7. The van der Waals surface area contributed by atoms with Crippen LogP contribution >= 0.6 is 0 Å². The van der Waals surface area contributed by atoms with Gasteiger partial charge in [-0.05, 0) is 25.7 Å². The van der Waals surface area contributed by atoms with Crippen molar-refractivity contribution in [2.75, 3.05) is 13.2 Å². The van der Waals surface area contributed by atoms with Gasteiger partial charge in [0.15, 0.2) is 12.4 Å². The Morgan fingerprint density at radius 2 is 0.793 bits per heavy atom. The highest BCUT2D eigenvalue weighted by molar-refractivity contribution is 5.80. The number of carbonyl (C=O) groups excluding carboxylic acids is 2. The number of hydrogen-bond donors (Lipinski definition) is 6. The van der Waals surface area contributed by atoms with E-state index in [1.807, 2.05) is 6.08 Å². The number of rotatable bonds is 63. The molecule has 486 valence electrons. The van der Waals surface area contributed by atoms with Crippen molar-refractivity contribution in [3.63, 3.8) is 0 Å². The normalized spacial score (nSPS) is 18.6. The van der Waals surface area contributed by atoms with E-state index in [4.69, 9.17) is 14.2 Å². The van der Waals surface area contributed by atoms with Gasteiger partial charge in [-0.1, -0.05) is 348 Å². The molecule has 0 radical (unpaired) electrons. The first-order valence-corrected chi connectivity index (χ1v) is 36.0. The zero-order valence-corrected chi connectivity index (χ0v) is 54.1. The summed E-state index contributed by atoms with van der Waals surface area (Å²) in [6.45, 7) is 5.86. The van der Waals surface area contributed by atoms with Crippen molar-refractivity contribution < 1.29 is 49.3 Å². The van der Waals surface area contributed by atoms with Crippen molar-refractivity contribution in [1.82, 2.24) is 5.32 Å². The van der Waals surface area contributed by atoms with Crippen LogP contribution in [0.25, 0.3) is 0 Å². The molecule has 1 amide bonds. The van der Waals surface area contributed by atoms with Crippen LogP contribution in [0.3, 0.4) is 0 Å². The van der Waals surface area contributed by atoms with Crippen LogP contribution in [0, 0.1) is 0 Å². The zero-order chi connectivity index (χ0) is 59.6. The number of unbranched alkanes of at least 4 members (excludes halogenated alkanes) is 49. The fourth-order valence-corrected chi connectivity index (χ4v) is 11.8. The Bertz CT molecular complexity index is 1380. The SMILES string of the molecule is CCCCCCCCCCCC/C=C/C(O)C(COC1OC(CO)C(O)C(O)C1OC(=O)CCCCCCCCCCCCCCCCCCCCCCCCC)NC(=O)C(O)CCCCCCCCCCCCCCCCCCCC. The summed E-state index contributed by atoms with van der Waals surface area (Å²) in [6.07, 6.45) is 59.7. The van der Waals surface area contributed by atoms with Gasteiger partial charge < -0.3 is 45.1 Å². The molecule has 1 heterocycles. The van der Waals surface area contributed by atoms with E-state index in [0.717, 1.165) is 57.8 Å². The molecule has 0 aromatic carbocycles. The standard InChI is InChI=1S/C71H137NO10/c1-4-7-10-13-16-19-22-25-27-29-31-32-33-34-35-37-39-41-44-47-50-53-56-59-66(76)82-69-68(78)67(77)65(60-73)81-71(69)80-61-62(63(74)57-54-51-48-45-42-24-21-18-15-12-9-6-3)72-70(79)64(75)58-55-52-49-46-43-40-38-36-30-28-26-23-20-17-14-11-8-5-2/h54,57,62-65,67-69,71,73-75,77-78H,4-53,55-56,58-61H2,1-3H3,(H,72,79)/b57-54+. The van der Waals surface area contributed by atoms with Crippen molar-refractivity contribution in [3.8, 4) is 0 Å². The third kappa shape index (κ3) is 46.6. The van der Waals surface area contributed by atoms with Gasteiger partial charge in [-0.15, -0.1) is 0 Å². The van der Waals surface area contributed by atoms with Crippen LogP contribution in [-0.2, 0) is 23.8 Å². The van der Waals surface area contributed by atoms with E-state index in [1.165, 1.54) is 263 Å². The summed E-state index contributed by atoms with van der Waals surface area (Å²) in [5, 5.41) is 57.2. The number of aliphatic hydroxyl groups is 5. The van der Waals surface area contributed by atoms with Gasteiger partial charge in [0.25, 0.3) is 0 Å². The quantitative estimate of drug-likeness (QED) is 0.0195. The van der Waals surface area contributed by atoms with Crippen LogP contribution in [0.4, 0.5) is 0 Å². The van der Waals surface area contributed by atoms with Crippen molar-refractivity contribution in [2.45, 2.75) is 416 Å². The van der Waals surface area contributed by atoms with E-state index >= 15 is 0 Å². The highest BCUT2D eigenvalue weighted by Crippen LogP contribution is 2.27. The molecule has 0 spiro atoms. The van der Waals surface area contributed by atoms with Gasteiger partial charge in [0.05, 0.1) is 25.4 Å². The van der Waals surface area contributed by atoms with Crippen molar-refractivity contribution in [3.05, 3.63) is 12.2 Å². The summed E-state index contributed by atoms with van der Waals surface area (Å²) in [5.41, 5.74) is 0. The number of aliphatic hydroxyl groups excluding tert-OH is 5. The minimum absolute atomic E-state index is 0.132. The molecule has 8 atom stereocenters. The Hall–Kier alpha value is -1.60. The Kier molecular flexibility index (Phi) is 57.1. The summed E-state index contributed by atoms with van der Waals surface area (Å²) in [6, 6.07) is -1.02. The molecular weight excluding hydrogens is 1030 g/mol. The van der Waals surface area contributed by atoms with E-state index in [-0.39, 0.29) is 13.0 Å². The summed E-state index contributed by atoms with van der Waals surface area (Å²) >= 11 is 0. The van der Waals surface area contributed by atoms with Crippen molar-refractivity contribution >= 4 is 11.9 Å². The molecule has 11 heteroatoms. The second-order valence-corrected chi connectivity index (χ2v) is 25.3. The van der Waals surface area contributed by atoms with Crippen molar-refractivity contribution in [2.24, 2.45) is 0 Å². The average molecular weight is 1160 g/mol. The first kappa shape index (κ1) is 78.4. The molecule has 11 nitrogen and oxygen atoms in total. The summed E-state index contributed by atoms with van der Waals surface area (Å²) in [5.74, 6) is -1.17. The molecular formula is C71H137NO10. The molecule has 1 fully saturated rings. The first-order chi connectivity index (χ1) is 40.2. The van der Waals surface area contributed by atoms with E-state index in [1.54, 1.807) is 6.08 Å². The van der Waals surface area contributed by atoms with Crippen LogP contribution in [-0.4, -0.2) is 99.6 Å². The minimum Gasteiger partial charge on any atom is -0.454 e. The van der Waals surface area contributed by atoms with Crippen molar-refractivity contribution in [1.29, 1.82) is 0 Å². The summed E-state index contributed by atoms with van der Waals surface area (Å²) in [7, 11) is 0.